The number of hydrogen-bond acceptors (Lipinski definition) is 3. The maximum Gasteiger partial charge on any atom is 0.330 e. The highest BCUT2D eigenvalue weighted by molar-refractivity contribution is 5.85. The van der Waals surface area contributed by atoms with Gasteiger partial charge in [-0.2, -0.15) is 0 Å². The number of halogens is 1. The van der Waals surface area contributed by atoms with Gasteiger partial charge >= 0.3 is 5.97 Å². The lowest BCUT2D eigenvalue weighted by molar-refractivity contribution is -0.144. The Morgan fingerprint density at radius 3 is 3.00 bits per heavy atom. The van der Waals surface area contributed by atoms with Crippen LogP contribution in [0.1, 0.15) is 31.2 Å². The molecular formula is C10H16ClN3O2. The summed E-state index contributed by atoms with van der Waals surface area (Å²) in [5.74, 6) is -1.00. The topological polar surface area (TPSA) is 81.1 Å². The van der Waals surface area contributed by atoms with Crippen molar-refractivity contribution in [2.24, 2.45) is 5.73 Å². The van der Waals surface area contributed by atoms with Gasteiger partial charge in [0, 0.05) is 12.2 Å². The quantitative estimate of drug-likeness (QED) is 0.829. The highest BCUT2D eigenvalue weighted by Crippen LogP contribution is 2.28. The van der Waals surface area contributed by atoms with Gasteiger partial charge in [0.05, 0.1) is 12.0 Å². The number of nitrogens with zero attached hydrogens (tertiary/aromatic N) is 2. The summed E-state index contributed by atoms with van der Waals surface area (Å²) in [7, 11) is 0. The van der Waals surface area contributed by atoms with Crippen molar-refractivity contribution >= 4 is 18.4 Å². The van der Waals surface area contributed by atoms with Gasteiger partial charge in [-0.15, -0.1) is 12.4 Å². The minimum Gasteiger partial charge on any atom is -0.480 e. The summed E-state index contributed by atoms with van der Waals surface area (Å²) in [4.78, 5) is 15.3. The number of nitrogens with two attached hydrogens (primary N) is 1. The zero-order valence-corrected chi connectivity index (χ0v) is 9.96. The number of aromatic nitrogens is 2. The molecule has 6 heteroatoms. The van der Waals surface area contributed by atoms with Gasteiger partial charge in [-0.3, -0.25) is 0 Å². The van der Waals surface area contributed by atoms with Crippen LogP contribution in [0.4, 0.5) is 0 Å². The Balaban J connectivity index is 0.00000128. The van der Waals surface area contributed by atoms with Crippen LogP contribution >= 0.6 is 12.4 Å². The van der Waals surface area contributed by atoms with Crippen molar-refractivity contribution in [1.29, 1.82) is 0 Å². The number of imidazole rings is 1. The number of fused-ring (bicyclic) bond motifs is 1. The first-order valence-electron chi connectivity index (χ1n) is 5.16. The number of carboxylic acid groups (broad SMARTS) is 1. The molecule has 0 fully saturated rings. The Bertz CT molecular complexity index is 405. The Labute approximate surface area is 100 Å². The summed E-state index contributed by atoms with van der Waals surface area (Å²) >= 11 is 0. The maximum atomic E-state index is 11.2. The Kier molecular flexibility index (Phi) is 3.60. The van der Waals surface area contributed by atoms with Gasteiger partial charge in [0.2, 0.25) is 0 Å². The SMILES string of the molecule is CCC(N)(C(=O)O)c1ncn2c1CCC2.Cl. The zero-order valence-electron chi connectivity index (χ0n) is 9.14. The van der Waals surface area contributed by atoms with E-state index >= 15 is 0 Å². The number of hydrogen-bond donors (Lipinski definition) is 2. The van der Waals surface area contributed by atoms with E-state index in [9.17, 15) is 4.79 Å². The number of aliphatic carboxylic acids is 1. The number of rotatable bonds is 3. The molecule has 0 saturated heterocycles. The summed E-state index contributed by atoms with van der Waals surface area (Å²) < 4.78 is 2.00. The van der Waals surface area contributed by atoms with Crippen molar-refractivity contribution in [2.45, 2.75) is 38.3 Å². The third-order valence-electron chi connectivity index (χ3n) is 3.12. The molecule has 1 atom stereocenters. The lowest BCUT2D eigenvalue weighted by atomic mass is 9.91. The van der Waals surface area contributed by atoms with Gasteiger partial charge in [0.15, 0.2) is 5.54 Å². The van der Waals surface area contributed by atoms with E-state index in [4.69, 9.17) is 10.8 Å². The van der Waals surface area contributed by atoms with Gasteiger partial charge in [-0.05, 0) is 19.3 Å². The molecule has 0 bridgehead atoms. The fraction of sp³-hybridized carbons (Fsp3) is 0.600. The molecule has 0 aromatic carbocycles. The van der Waals surface area contributed by atoms with Crippen LogP contribution in [0.2, 0.25) is 0 Å². The second-order valence-electron chi connectivity index (χ2n) is 3.97. The predicted molar refractivity (Wildman–Crippen MR) is 61.6 cm³/mol. The molecule has 2 rings (SSSR count). The predicted octanol–water partition coefficient (Wildman–Crippen LogP) is 0.900. The van der Waals surface area contributed by atoms with Gasteiger partial charge in [0.1, 0.15) is 0 Å². The van der Waals surface area contributed by atoms with Crippen molar-refractivity contribution in [3.8, 4) is 0 Å². The molecule has 3 N–H and O–H groups in total. The van der Waals surface area contributed by atoms with Crippen LogP contribution in [0.3, 0.4) is 0 Å². The molecule has 16 heavy (non-hydrogen) atoms. The summed E-state index contributed by atoms with van der Waals surface area (Å²) in [6.45, 7) is 2.69. The lowest BCUT2D eigenvalue weighted by Crippen LogP contribution is -2.45. The molecule has 0 radical (unpaired) electrons. The van der Waals surface area contributed by atoms with Crippen molar-refractivity contribution in [1.82, 2.24) is 9.55 Å². The van der Waals surface area contributed by atoms with Gasteiger partial charge in [-0.25, -0.2) is 9.78 Å². The van der Waals surface area contributed by atoms with Gasteiger partial charge < -0.3 is 15.4 Å². The summed E-state index contributed by atoms with van der Waals surface area (Å²) in [5, 5.41) is 9.16. The lowest BCUT2D eigenvalue weighted by Gasteiger charge is -2.21. The molecule has 5 nitrogen and oxygen atoms in total. The third kappa shape index (κ3) is 1.70. The average molecular weight is 246 g/mol. The Morgan fingerprint density at radius 1 is 1.75 bits per heavy atom. The first kappa shape index (κ1) is 13.0. The summed E-state index contributed by atoms with van der Waals surface area (Å²) in [5.41, 5.74) is 6.10. The highest BCUT2D eigenvalue weighted by atomic mass is 35.5. The van der Waals surface area contributed by atoms with Crippen LogP contribution in [0.5, 0.6) is 0 Å². The fourth-order valence-corrected chi connectivity index (χ4v) is 2.07. The van der Waals surface area contributed by atoms with Crippen molar-refractivity contribution in [2.75, 3.05) is 0 Å². The second kappa shape index (κ2) is 4.43. The van der Waals surface area contributed by atoms with E-state index in [1.54, 1.807) is 13.3 Å². The van der Waals surface area contributed by atoms with Crippen LogP contribution in [-0.4, -0.2) is 20.6 Å². The molecule has 2 heterocycles. The second-order valence-corrected chi connectivity index (χ2v) is 3.97. The summed E-state index contributed by atoms with van der Waals surface area (Å²) in [6, 6.07) is 0. The van der Waals surface area contributed by atoms with Crippen LogP contribution in [0, 0.1) is 0 Å². The minimum atomic E-state index is -1.33. The third-order valence-corrected chi connectivity index (χ3v) is 3.12. The van der Waals surface area contributed by atoms with E-state index in [1.165, 1.54) is 0 Å². The molecule has 90 valence electrons. The molecule has 1 aromatic heterocycles. The van der Waals surface area contributed by atoms with Crippen LogP contribution in [0.15, 0.2) is 6.33 Å². The average Bonchev–Trinajstić information content (AvgIpc) is 2.76. The van der Waals surface area contributed by atoms with Crippen molar-refractivity contribution < 1.29 is 9.90 Å². The van der Waals surface area contributed by atoms with Gasteiger partial charge in [0.25, 0.3) is 0 Å². The molecule has 1 aliphatic heterocycles. The molecular weight excluding hydrogens is 230 g/mol. The highest BCUT2D eigenvalue weighted by Gasteiger charge is 2.39. The number of aryl methyl sites for hydroxylation is 1. The molecule has 0 spiro atoms. The molecule has 1 aromatic rings. The van der Waals surface area contributed by atoms with E-state index in [0.29, 0.717) is 12.1 Å². The van der Waals surface area contributed by atoms with Crippen molar-refractivity contribution in [3.63, 3.8) is 0 Å². The normalized spacial score (nSPS) is 17.4. The molecule has 0 saturated carbocycles. The van der Waals surface area contributed by atoms with Crippen LogP contribution < -0.4 is 5.73 Å². The standard InChI is InChI=1S/C10H15N3O2.ClH/c1-2-10(11,9(14)15)8-7-4-3-5-13(7)6-12-8;/h6H,2-5,11H2,1H3,(H,14,15);1H. The first-order chi connectivity index (χ1) is 7.09. The monoisotopic (exact) mass is 245 g/mol. The molecule has 1 unspecified atom stereocenters. The minimum absolute atomic E-state index is 0. The van der Waals surface area contributed by atoms with E-state index in [2.05, 4.69) is 4.98 Å². The summed E-state index contributed by atoms with van der Waals surface area (Å²) in [6.07, 6.45) is 3.97. The van der Waals surface area contributed by atoms with Crippen LogP contribution in [-0.2, 0) is 23.3 Å². The van der Waals surface area contributed by atoms with E-state index < -0.39 is 11.5 Å². The smallest absolute Gasteiger partial charge is 0.330 e. The number of carbonyl (C=O) groups is 1. The van der Waals surface area contributed by atoms with Gasteiger partial charge in [-0.1, -0.05) is 6.92 Å². The van der Waals surface area contributed by atoms with E-state index in [-0.39, 0.29) is 12.4 Å². The fourth-order valence-electron chi connectivity index (χ4n) is 2.07. The zero-order chi connectivity index (χ0) is 11.1. The first-order valence-corrected chi connectivity index (χ1v) is 5.16. The molecule has 0 amide bonds. The Hall–Kier alpha value is -1.07. The largest absolute Gasteiger partial charge is 0.480 e. The van der Waals surface area contributed by atoms with E-state index in [0.717, 1.165) is 25.1 Å². The van der Waals surface area contributed by atoms with Crippen LogP contribution in [0.25, 0.3) is 0 Å². The van der Waals surface area contributed by atoms with E-state index in [1.807, 2.05) is 4.57 Å². The number of carboxylic acids is 1. The van der Waals surface area contributed by atoms with Crippen molar-refractivity contribution in [3.05, 3.63) is 17.7 Å². The molecule has 0 aliphatic carbocycles. The maximum absolute atomic E-state index is 11.2. The Morgan fingerprint density at radius 2 is 2.44 bits per heavy atom. The molecule has 1 aliphatic rings.